The molecular weight excluding hydrogens is 270 g/mol. The van der Waals surface area contributed by atoms with E-state index in [0.29, 0.717) is 18.2 Å². The summed E-state index contributed by atoms with van der Waals surface area (Å²) in [7, 11) is 0. The Labute approximate surface area is 114 Å². The highest BCUT2D eigenvalue weighted by molar-refractivity contribution is 8.13. The molecule has 0 aliphatic heterocycles. The summed E-state index contributed by atoms with van der Waals surface area (Å²) >= 11 is 1.13. The topological polar surface area (TPSA) is 34.1 Å². The lowest BCUT2D eigenvalue weighted by Gasteiger charge is -2.01. The summed E-state index contributed by atoms with van der Waals surface area (Å²) < 4.78 is 26.7. The number of halogens is 2. The second-order valence-electron chi connectivity index (χ2n) is 3.76. The lowest BCUT2D eigenvalue weighted by molar-refractivity contribution is -0.109. The average molecular weight is 282 g/mol. The monoisotopic (exact) mass is 282 g/mol. The van der Waals surface area contributed by atoms with E-state index in [-0.39, 0.29) is 16.2 Å². The highest BCUT2D eigenvalue weighted by Crippen LogP contribution is 2.15. The maximum atomic E-state index is 13.4. The number of carbonyl (C=O) groups is 2. The van der Waals surface area contributed by atoms with E-state index in [2.05, 4.69) is 11.8 Å². The van der Waals surface area contributed by atoms with E-state index in [1.807, 2.05) is 0 Å². The van der Waals surface area contributed by atoms with Crippen LogP contribution >= 0.6 is 11.8 Å². The second kappa shape index (κ2) is 7.05. The Morgan fingerprint density at radius 1 is 1.21 bits per heavy atom. The third-order valence-corrected chi connectivity index (χ3v) is 3.01. The van der Waals surface area contributed by atoms with E-state index in [4.69, 9.17) is 0 Å². The van der Waals surface area contributed by atoms with Crippen molar-refractivity contribution in [2.75, 3.05) is 5.75 Å². The molecule has 0 aromatic heterocycles. The van der Waals surface area contributed by atoms with Crippen LogP contribution in [0.25, 0.3) is 0 Å². The number of rotatable bonds is 3. The fourth-order valence-corrected chi connectivity index (χ4v) is 1.81. The number of hydrogen-bond donors (Lipinski definition) is 0. The van der Waals surface area contributed by atoms with Crippen LogP contribution in [0.3, 0.4) is 0 Å². The summed E-state index contributed by atoms with van der Waals surface area (Å²) in [6, 6.07) is 1.77. The molecule has 0 spiro atoms. The van der Waals surface area contributed by atoms with Gasteiger partial charge in [-0.2, -0.15) is 0 Å². The first kappa shape index (κ1) is 15.4. The Balaban J connectivity index is 2.84. The quantitative estimate of drug-likeness (QED) is 0.485. The molecule has 0 bridgehead atoms. The first-order chi connectivity index (χ1) is 8.91. The van der Waals surface area contributed by atoms with E-state index in [9.17, 15) is 18.4 Å². The fourth-order valence-electron chi connectivity index (χ4n) is 1.32. The van der Waals surface area contributed by atoms with Crippen molar-refractivity contribution in [2.45, 2.75) is 20.3 Å². The zero-order chi connectivity index (χ0) is 14.4. The maximum Gasteiger partial charge on any atom is 0.185 e. The van der Waals surface area contributed by atoms with Crippen LogP contribution in [0.15, 0.2) is 12.1 Å². The van der Waals surface area contributed by atoms with Gasteiger partial charge in [-0.1, -0.05) is 23.6 Å². The average Bonchev–Trinajstić information content (AvgIpc) is 2.30. The summed E-state index contributed by atoms with van der Waals surface area (Å²) in [5.41, 5.74) is -0.191. The third-order valence-electron chi connectivity index (χ3n) is 2.19. The van der Waals surface area contributed by atoms with Gasteiger partial charge >= 0.3 is 0 Å². The Bertz CT molecular complexity index is 571. The number of ketones is 1. The third kappa shape index (κ3) is 4.84. The smallest absolute Gasteiger partial charge is 0.185 e. The molecule has 0 amide bonds. The Kier molecular flexibility index (Phi) is 5.71. The molecule has 0 fully saturated rings. The molecule has 19 heavy (non-hydrogen) atoms. The Morgan fingerprint density at radius 3 is 2.47 bits per heavy atom. The first-order valence-corrected chi connectivity index (χ1v) is 6.52. The molecule has 1 aromatic rings. The van der Waals surface area contributed by atoms with Gasteiger partial charge in [0.15, 0.2) is 10.9 Å². The number of Topliss-reactive ketones (excluding diaryl/α,β-unsaturated/α-hetero) is 1. The summed E-state index contributed by atoms with van der Waals surface area (Å²) in [6.45, 7) is 2.66. The zero-order valence-electron chi connectivity index (χ0n) is 10.5. The van der Waals surface area contributed by atoms with Crippen LogP contribution in [0.4, 0.5) is 8.78 Å². The van der Waals surface area contributed by atoms with E-state index < -0.39 is 17.4 Å². The molecule has 0 heterocycles. The van der Waals surface area contributed by atoms with Crippen molar-refractivity contribution < 1.29 is 18.4 Å². The predicted octanol–water partition coefficient (Wildman–Crippen LogP) is 3.19. The summed E-state index contributed by atoms with van der Waals surface area (Å²) in [5.74, 6) is 3.58. The highest BCUT2D eigenvalue weighted by atomic mass is 32.2. The van der Waals surface area contributed by atoms with Crippen molar-refractivity contribution in [1.29, 1.82) is 0 Å². The highest BCUT2D eigenvalue weighted by Gasteiger charge is 2.11. The number of hydrogen-bond acceptors (Lipinski definition) is 3. The van der Waals surface area contributed by atoms with Crippen molar-refractivity contribution in [3.63, 3.8) is 0 Å². The largest absolute Gasteiger partial charge is 0.294 e. The van der Waals surface area contributed by atoms with Gasteiger partial charge in [-0.25, -0.2) is 8.78 Å². The SMILES string of the molecule is CC(=O)SCCC#Cc1cc(C(C)=O)c(F)cc1F. The maximum absolute atomic E-state index is 13.4. The lowest BCUT2D eigenvalue weighted by atomic mass is 10.1. The summed E-state index contributed by atoms with van der Waals surface area (Å²) in [5, 5.41) is -0.00590. The van der Waals surface area contributed by atoms with Crippen molar-refractivity contribution in [2.24, 2.45) is 0 Å². The minimum Gasteiger partial charge on any atom is -0.294 e. The minimum atomic E-state index is -0.886. The molecule has 100 valence electrons. The molecule has 0 aliphatic rings. The van der Waals surface area contributed by atoms with E-state index in [0.717, 1.165) is 17.8 Å². The van der Waals surface area contributed by atoms with E-state index >= 15 is 0 Å². The van der Waals surface area contributed by atoms with Crippen LogP contribution < -0.4 is 0 Å². The van der Waals surface area contributed by atoms with E-state index in [1.165, 1.54) is 13.8 Å². The number of benzene rings is 1. The Hall–Kier alpha value is -1.67. The van der Waals surface area contributed by atoms with Gasteiger partial charge < -0.3 is 0 Å². The molecule has 1 aromatic carbocycles. The number of thioether (sulfide) groups is 1. The molecule has 0 aliphatic carbocycles. The van der Waals surface area contributed by atoms with Gasteiger partial charge in [-0.3, -0.25) is 9.59 Å². The first-order valence-electron chi connectivity index (χ1n) is 5.54. The van der Waals surface area contributed by atoms with Crippen molar-refractivity contribution >= 4 is 22.7 Å². The van der Waals surface area contributed by atoms with Gasteiger partial charge in [-0.15, -0.1) is 0 Å². The van der Waals surface area contributed by atoms with Gasteiger partial charge in [0.2, 0.25) is 0 Å². The molecule has 0 saturated heterocycles. The fraction of sp³-hybridized carbons (Fsp3) is 0.286. The van der Waals surface area contributed by atoms with Gasteiger partial charge in [0, 0.05) is 25.2 Å². The molecule has 0 saturated carbocycles. The molecule has 5 heteroatoms. The van der Waals surface area contributed by atoms with Crippen molar-refractivity contribution in [1.82, 2.24) is 0 Å². The second-order valence-corrected chi connectivity index (χ2v) is 5.03. The van der Waals surface area contributed by atoms with Crippen molar-refractivity contribution in [3.8, 4) is 11.8 Å². The van der Waals surface area contributed by atoms with Crippen LogP contribution in [-0.2, 0) is 4.79 Å². The molecule has 2 nitrogen and oxygen atoms in total. The van der Waals surface area contributed by atoms with E-state index in [1.54, 1.807) is 0 Å². The lowest BCUT2D eigenvalue weighted by Crippen LogP contribution is -2.00. The van der Waals surface area contributed by atoms with Gasteiger partial charge in [0.25, 0.3) is 0 Å². The van der Waals surface area contributed by atoms with Gasteiger partial charge in [0.05, 0.1) is 11.1 Å². The molecule has 0 unspecified atom stereocenters. The van der Waals surface area contributed by atoms with Crippen LogP contribution in [0.2, 0.25) is 0 Å². The molecular formula is C14H12F2O2S. The van der Waals surface area contributed by atoms with Gasteiger partial charge in [0.1, 0.15) is 11.6 Å². The summed E-state index contributed by atoms with van der Waals surface area (Å²) in [4.78, 5) is 21.8. The number of carbonyl (C=O) groups excluding carboxylic acids is 2. The van der Waals surface area contributed by atoms with Crippen molar-refractivity contribution in [3.05, 3.63) is 34.9 Å². The molecule has 1 rings (SSSR count). The van der Waals surface area contributed by atoms with Crippen LogP contribution in [-0.4, -0.2) is 16.7 Å². The Morgan fingerprint density at radius 2 is 1.89 bits per heavy atom. The molecule has 0 radical (unpaired) electrons. The summed E-state index contributed by atoms with van der Waals surface area (Å²) in [6.07, 6.45) is 0.413. The van der Waals surface area contributed by atoms with Crippen LogP contribution in [0.1, 0.15) is 36.2 Å². The van der Waals surface area contributed by atoms with Crippen LogP contribution in [0, 0.1) is 23.5 Å². The standard InChI is InChI=1S/C14H12F2O2S/c1-9(17)12-7-11(13(15)8-14(12)16)5-3-4-6-19-10(2)18/h7-8H,4,6H2,1-2H3. The zero-order valence-corrected chi connectivity index (χ0v) is 11.4. The van der Waals surface area contributed by atoms with Crippen LogP contribution in [0.5, 0.6) is 0 Å². The normalized spacial score (nSPS) is 9.68. The molecule has 0 N–H and O–H groups in total. The predicted molar refractivity (Wildman–Crippen MR) is 71.0 cm³/mol. The molecule has 0 atom stereocenters. The van der Waals surface area contributed by atoms with Gasteiger partial charge in [-0.05, 0) is 13.0 Å². The minimum absolute atomic E-state index is 0.00590.